The predicted octanol–water partition coefficient (Wildman–Crippen LogP) is 3.09. The van der Waals surface area contributed by atoms with Crippen molar-refractivity contribution in [3.05, 3.63) is 22.4 Å². The van der Waals surface area contributed by atoms with Crippen LogP contribution in [0.5, 0.6) is 0 Å². The van der Waals surface area contributed by atoms with Gasteiger partial charge in [-0.25, -0.2) is 0 Å². The second-order valence-corrected chi connectivity index (χ2v) is 4.51. The van der Waals surface area contributed by atoms with Crippen LogP contribution in [0.15, 0.2) is 16.7 Å². The van der Waals surface area contributed by atoms with Crippen molar-refractivity contribution in [1.29, 1.82) is 0 Å². The van der Waals surface area contributed by atoms with Crippen LogP contribution in [0.2, 0.25) is 0 Å². The number of halogens is 1. The smallest absolute Gasteiger partial charge is 0.267 e. The van der Waals surface area contributed by atoms with Crippen molar-refractivity contribution in [2.24, 2.45) is 0 Å². The highest BCUT2D eigenvalue weighted by atomic mass is 79.9. The molecule has 0 fully saturated rings. The fraction of sp³-hybridized carbons (Fsp3) is 0.545. The minimum absolute atomic E-state index is 0.0269. The summed E-state index contributed by atoms with van der Waals surface area (Å²) in [4.78, 5) is 14.7. The predicted molar refractivity (Wildman–Crippen MR) is 64.9 cm³/mol. The highest BCUT2D eigenvalue weighted by molar-refractivity contribution is 9.10. The van der Waals surface area contributed by atoms with Crippen LogP contribution in [0, 0.1) is 0 Å². The number of H-pyrrole nitrogens is 1. The average Bonchev–Trinajstić information content (AvgIpc) is 2.64. The van der Waals surface area contributed by atoms with Crippen molar-refractivity contribution >= 4 is 21.8 Å². The van der Waals surface area contributed by atoms with Crippen LogP contribution in [0.4, 0.5) is 0 Å². The monoisotopic (exact) mass is 272 g/mol. The molecule has 1 atom stereocenters. The molecule has 84 valence electrons. The first-order valence-electron chi connectivity index (χ1n) is 5.32. The number of nitrogens with one attached hydrogen (secondary N) is 2. The maximum Gasteiger partial charge on any atom is 0.267 e. The molecule has 1 heterocycles. The molecule has 1 amide bonds. The number of hydrogen-bond donors (Lipinski definition) is 2. The molecular weight excluding hydrogens is 256 g/mol. The van der Waals surface area contributed by atoms with Gasteiger partial charge in [0.1, 0.15) is 5.69 Å². The van der Waals surface area contributed by atoms with Crippen LogP contribution < -0.4 is 5.32 Å². The molecule has 0 aromatic carbocycles. The van der Waals surface area contributed by atoms with Gasteiger partial charge in [-0.05, 0) is 34.8 Å². The summed E-state index contributed by atoms with van der Waals surface area (Å²) in [5.41, 5.74) is 0.608. The lowest BCUT2D eigenvalue weighted by atomic mass is 10.1. The van der Waals surface area contributed by atoms with Crippen LogP contribution in [0.3, 0.4) is 0 Å². The van der Waals surface area contributed by atoms with Gasteiger partial charge in [0.25, 0.3) is 5.91 Å². The number of aromatic amines is 1. The number of amides is 1. The Hall–Kier alpha value is -0.770. The van der Waals surface area contributed by atoms with E-state index < -0.39 is 0 Å². The van der Waals surface area contributed by atoms with Crippen molar-refractivity contribution in [2.45, 2.75) is 39.2 Å². The molecule has 1 aromatic heterocycles. The lowest BCUT2D eigenvalue weighted by molar-refractivity contribution is 0.0929. The van der Waals surface area contributed by atoms with Crippen LogP contribution in [-0.4, -0.2) is 16.9 Å². The summed E-state index contributed by atoms with van der Waals surface area (Å²) in [6.45, 7) is 4.21. The number of aromatic nitrogens is 1. The zero-order valence-corrected chi connectivity index (χ0v) is 10.7. The molecule has 0 aliphatic heterocycles. The van der Waals surface area contributed by atoms with Gasteiger partial charge in [-0.3, -0.25) is 4.79 Å². The Bertz CT molecular complexity index is 322. The lowest BCUT2D eigenvalue weighted by Crippen LogP contribution is -2.34. The molecule has 0 aliphatic rings. The van der Waals surface area contributed by atoms with Crippen LogP contribution in [-0.2, 0) is 0 Å². The highest BCUT2D eigenvalue weighted by Gasteiger charge is 2.12. The van der Waals surface area contributed by atoms with Crippen molar-refractivity contribution in [3.8, 4) is 0 Å². The molecule has 0 aliphatic carbocycles. The average molecular weight is 273 g/mol. The molecule has 4 heteroatoms. The van der Waals surface area contributed by atoms with Gasteiger partial charge in [0.15, 0.2) is 0 Å². The van der Waals surface area contributed by atoms with E-state index in [4.69, 9.17) is 0 Å². The number of hydrogen-bond acceptors (Lipinski definition) is 1. The number of rotatable bonds is 5. The quantitative estimate of drug-likeness (QED) is 0.850. The van der Waals surface area contributed by atoms with E-state index in [1.807, 2.05) is 0 Å². The van der Waals surface area contributed by atoms with Crippen molar-refractivity contribution in [1.82, 2.24) is 10.3 Å². The Morgan fingerprint density at radius 1 is 1.60 bits per heavy atom. The molecule has 1 unspecified atom stereocenters. The molecule has 3 nitrogen and oxygen atoms in total. The van der Waals surface area contributed by atoms with Crippen molar-refractivity contribution < 1.29 is 4.79 Å². The summed E-state index contributed by atoms with van der Waals surface area (Å²) in [7, 11) is 0. The third kappa shape index (κ3) is 3.70. The highest BCUT2D eigenvalue weighted by Crippen LogP contribution is 2.11. The van der Waals surface area contributed by atoms with E-state index in [1.54, 1.807) is 12.3 Å². The van der Waals surface area contributed by atoms with Crippen LogP contribution in [0.1, 0.15) is 43.6 Å². The Morgan fingerprint density at radius 3 is 2.80 bits per heavy atom. The third-order valence-electron chi connectivity index (χ3n) is 2.36. The number of carbonyl (C=O) groups excluding carboxylic acids is 1. The Kier molecular flexibility index (Phi) is 4.88. The second-order valence-electron chi connectivity index (χ2n) is 3.60. The molecule has 0 spiro atoms. The third-order valence-corrected chi connectivity index (χ3v) is 2.82. The minimum atomic E-state index is -0.0269. The summed E-state index contributed by atoms with van der Waals surface area (Å²) in [5.74, 6) is -0.0269. The molecule has 15 heavy (non-hydrogen) atoms. The van der Waals surface area contributed by atoms with E-state index in [0.29, 0.717) is 5.69 Å². The fourth-order valence-corrected chi connectivity index (χ4v) is 1.83. The summed E-state index contributed by atoms with van der Waals surface area (Å²) in [6, 6.07) is 2.07. The van der Waals surface area contributed by atoms with E-state index in [1.165, 1.54) is 0 Å². The molecule has 1 aromatic rings. The van der Waals surface area contributed by atoms with Gasteiger partial charge in [0, 0.05) is 16.7 Å². The molecular formula is C11H17BrN2O. The zero-order chi connectivity index (χ0) is 11.3. The van der Waals surface area contributed by atoms with Gasteiger partial charge in [0.05, 0.1) is 0 Å². The Labute approximate surface area is 98.8 Å². The first-order chi connectivity index (χ1) is 7.17. The lowest BCUT2D eigenvalue weighted by Gasteiger charge is -2.15. The maximum atomic E-state index is 11.7. The molecule has 0 bridgehead atoms. The zero-order valence-electron chi connectivity index (χ0n) is 9.14. The van der Waals surface area contributed by atoms with E-state index in [0.717, 1.165) is 23.7 Å². The Morgan fingerprint density at radius 2 is 2.33 bits per heavy atom. The van der Waals surface area contributed by atoms with Gasteiger partial charge in [-0.15, -0.1) is 0 Å². The van der Waals surface area contributed by atoms with E-state index in [2.05, 4.69) is 40.1 Å². The summed E-state index contributed by atoms with van der Waals surface area (Å²) in [5, 5.41) is 3.01. The fourth-order valence-electron chi connectivity index (χ4n) is 1.49. The summed E-state index contributed by atoms with van der Waals surface area (Å²) in [6.07, 6.45) is 4.86. The SMILES string of the molecule is CCCC(CC)NC(=O)c1cc(Br)c[nH]1. The molecule has 1 rings (SSSR count). The molecule has 0 radical (unpaired) electrons. The number of carbonyl (C=O) groups is 1. The van der Waals surface area contributed by atoms with Crippen molar-refractivity contribution in [2.75, 3.05) is 0 Å². The van der Waals surface area contributed by atoms with Crippen LogP contribution >= 0.6 is 15.9 Å². The van der Waals surface area contributed by atoms with Crippen molar-refractivity contribution in [3.63, 3.8) is 0 Å². The van der Waals surface area contributed by atoms with Crippen LogP contribution in [0.25, 0.3) is 0 Å². The largest absolute Gasteiger partial charge is 0.356 e. The molecule has 0 saturated heterocycles. The summed E-state index contributed by atoms with van der Waals surface area (Å²) >= 11 is 3.30. The first-order valence-corrected chi connectivity index (χ1v) is 6.11. The van der Waals surface area contributed by atoms with Gasteiger partial charge < -0.3 is 10.3 Å². The van der Waals surface area contributed by atoms with Gasteiger partial charge in [0.2, 0.25) is 0 Å². The minimum Gasteiger partial charge on any atom is -0.356 e. The van der Waals surface area contributed by atoms with E-state index in [-0.39, 0.29) is 11.9 Å². The molecule has 0 saturated carbocycles. The van der Waals surface area contributed by atoms with E-state index >= 15 is 0 Å². The normalized spacial score (nSPS) is 12.5. The molecule has 2 N–H and O–H groups in total. The van der Waals surface area contributed by atoms with Gasteiger partial charge >= 0.3 is 0 Å². The first kappa shape index (κ1) is 12.3. The van der Waals surface area contributed by atoms with E-state index in [9.17, 15) is 4.79 Å². The standard InChI is InChI=1S/C11H17BrN2O/c1-3-5-9(4-2)14-11(15)10-6-8(12)7-13-10/h6-7,9,13H,3-5H2,1-2H3,(H,14,15). The maximum absolute atomic E-state index is 11.7. The Balaban J connectivity index is 2.54. The summed E-state index contributed by atoms with van der Waals surface area (Å²) < 4.78 is 0.899. The van der Waals surface area contributed by atoms with Gasteiger partial charge in [-0.2, -0.15) is 0 Å². The second kappa shape index (κ2) is 5.95. The topological polar surface area (TPSA) is 44.9 Å². The van der Waals surface area contributed by atoms with Gasteiger partial charge in [-0.1, -0.05) is 20.3 Å².